The molecule has 1 unspecified atom stereocenters. The summed E-state index contributed by atoms with van der Waals surface area (Å²) in [5.74, 6) is 0.00273. The van der Waals surface area contributed by atoms with E-state index in [2.05, 4.69) is 10.3 Å². The fourth-order valence-electron chi connectivity index (χ4n) is 2.05. The summed E-state index contributed by atoms with van der Waals surface area (Å²) in [6.07, 6.45) is 1.38. The van der Waals surface area contributed by atoms with Crippen molar-refractivity contribution in [1.29, 1.82) is 0 Å². The van der Waals surface area contributed by atoms with Crippen molar-refractivity contribution in [3.63, 3.8) is 0 Å². The average Bonchev–Trinajstić information content (AvgIpc) is 2.41. The molecular weight excluding hydrogens is 274 g/mol. The van der Waals surface area contributed by atoms with Gasteiger partial charge in [-0.3, -0.25) is 4.79 Å². The van der Waals surface area contributed by atoms with Gasteiger partial charge in [0.1, 0.15) is 5.82 Å². The minimum Gasteiger partial charge on any atom is -0.384 e. The largest absolute Gasteiger partial charge is 0.384 e. The van der Waals surface area contributed by atoms with Crippen LogP contribution in [0.5, 0.6) is 0 Å². The van der Waals surface area contributed by atoms with Crippen molar-refractivity contribution < 1.29 is 4.79 Å². The third-order valence-electron chi connectivity index (χ3n) is 3.12. The van der Waals surface area contributed by atoms with Gasteiger partial charge in [-0.05, 0) is 31.0 Å². The van der Waals surface area contributed by atoms with E-state index >= 15 is 0 Å². The second-order valence-corrected chi connectivity index (χ2v) is 5.05. The molecule has 0 spiro atoms. The molecule has 0 saturated carbocycles. The van der Waals surface area contributed by atoms with Gasteiger partial charge in [-0.2, -0.15) is 0 Å². The highest BCUT2D eigenvalue weighted by Crippen LogP contribution is 2.20. The molecule has 1 amide bonds. The lowest BCUT2D eigenvalue weighted by Crippen LogP contribution is -2.27. The van der Waals surface area contributed by atoms with Crippen molar-refractivity contribution in [3.8, 4) is 0 Å². The molecule has 0 bridgehead atoms. The SMILES string of the molecule is Cc1ccccc1C(C)NC(=O)c1cc(N)ncc1Cl. The monoisotopic (exact) mass is 289 g/mol. The van der Waals surface area contributed by atoms with E-state index in [4.69, 9.17) is 17.3 Å². The van der Waals surface area contributed by atoms with Crippen LogP contribution in [0.15, 0.2) is 36.5 Å². The molecule has 20 heavy (non-hydrogen) atoms. The van der Waals surface area contributed by atoms with Crippen molar-refractivity contribution in [2.45, 2.75) is 19.9 Å². The molecular formula is C15H16ClN3O. The number of aromatic nitrogens is 1. The fraction of sp³-hybridized carbons (Fsp3) is 0.200. The van der Waals surface area contributed by atoms with Crippen LogP contribution >= 0.6 is 11.6 Å². The van der Waals surface area contributed by atoms with E-state index in [0.717, 1.165) is 11.1 Å². The van der Waals surface area contributed by atoms with Gasteiger partial charge in [-0.25, -0.2) is 4.98 Å². The van der Waals surface area contributed by atoms with Crippen LogP contribution in [0.25, 0.3) is 0 Å². The summed E-state index contributed by atoms with van der Waals surface area (Å²) in [5.41, 5.74) is 8.11. The molecule has 0 aliphatic heterocycles. The molecule has 2 rings (SSSR count). The van der Waals surface area contributed by atoms with Gasteiger partial charge in [-0.1, -0.05) is 35.9 Å². The molecule has 1 atom stereocenters. The van der Waals surface area contributed by atoms with Crippen molar-refractivity contribution in [2.24, 2.45) is 0 Å². The first-order valence-corrected chi connectivity index (χ1v) is 6.64. The average molecular weight is 290 g/mol. The smallest absolute Gasteiger partial charge is 0.253 e. The van der Waals surface area contributed by atoms with E-state index in [1.54, 1.807) is 0 Å². The highest BCUT2D eigenvalue weighted by molar-refractivity contribution is 6.33. The van der Waals surface area contributed by atoms with Crippen LogP contribution in [0, 0.1) is 6.92 Å². The molecule has 0 aliphatic carbocycles. The molecule has 2 aromatic rings. The lowest BCUT2D eigenvalue weighted by molar-refractivity contribution is 0.0940. The zero-order valence-electron chi connectivity index (χ0n) is 11.4. The third kappa shape index (κ3) is 3.08. The van der Waals surface area contributed by atoms with Crippen molar-refractivity contribution in [3.05, 3.63) is 58.2 Å². The Morgan fingerprint density at radius 2 is 2.10 bits per heavy atom. The van der Waals surface area contributed by atoms with Gasteiger partial charge < -0.3 is 11.1 Å². The van der Waals surface area contributed by atoms with Crippen LogP contribution in [0.4, 0.5) is 5.82 Å². The molecule has 4 nitrogen and oxygen atoms in total. The summed E-state index contributed by atoms with van der Waals surface area (Å²) in [7, 11) is 0. The van der Waals surface area contributed by atoms with Gasteiger partial charge >= 0.3 is 0 Å². The number of carbonyl (C=O) groups excluding carboxylic acids is 1. The number of carbonyl (C=O) groups is 1. The zero-order valence-corrected chi connectivity index (χ0v) is 12.1. The minimum absolute atomic E-state index is 0.117. The Morgan fingerprint density at radius 1 is 1.40 bits per heavy atom. The van der Waals surface area contributed by atoms with E-state index in [9.17, 15) is 4.79 Å². The number of pyridine rings is 1. The highest BCUT2D eigenvalue weighted by atomic mass is 35.5. The molecule has 3 N–H and O–H groups in total. The molecule has 1 heterocycles. The second kappa shape index (κ2) is 5.92. The summed E-state index contributed by atoms with van der Waals surface area (Å²) in [6, 6.07) is 9.27. The summed E-state index contributed by atoms with van der Waals surface area (Å²) in [5, 5.41) is 3.20. The van der Waals surface area contributed by atoms with Crippen LogP contribution in [0.2, 0.25) is 5.02 Å². The van der Waals surface area contributed by atoms with Gasteiger partial charge in [0.05, 0.1) is 16.6 Å². The summed E-state index contributed by atoms with van der Waals surface area (Å²) in [4.78, 5) is 16.1. The standard InChI is InChI=1S/C15H16ClN3O/c1-9-5-3-4-6-11(9)10(2)19-15(20)12-7-14(17)18-8-13(12)16/h3-8,10H,1-2H3,(H2,17,18)(H,19,20). The Hall–Kier alpha value is -2.07. The van der Waals surface area contributed by atoms with Crippen LogP contribution in [0.3, 0.4) is 0 Å². The maximum absolute atomic E-state index is 12.2. The van der Waals surface area contributed by atoms with Gasteiger partial charge in [0, 0.05) is 6.20 Å². The molecule has 104 valence electrons. The van der Waals surface area contributed by atoms with E-state index in [1.807, 2.05) is 38.1 Å². The Labute approximate surface area is 123 Å². The van der Waals surface area contributed by atoms with E-state index in [-0.39, 0.29) is 22.8 Å². The minimum atomic E-state index is -0.264. The summed E-state index contributed by atoms with van der Waals surface area (Å²) < 4.78 is 0. The Morgan fingerprint density at radius 3 is 2.80 bits per heavy atom. The first kappa shape index (κ1) is 14.3. The number of anilines is 1. The molecule has 0 saturated heterocycles. The van der Waals surface area contributed by atoms with Gasteiger partial charge in [0.25, 0.3) is 5.91 Å². The third-order valence-corrected chi connectivity index (χ3v) is 3.42. The number of benzene rings is 1. The number of nitrogens with one attached hydrogen (secondary N) is 1. The van der Waals surface area contributed by atoms with Gasteiger partial charge in [0.15, 0.2) is 0 Å². The maximum atomic E-state index is 12.2. The number of aryl methyl sites for hydroxylation is 1. The van der Waals surface area contributed by atoms with Crippen LogP contribution in [-0.2, 0) is 0 Å². The number of nitrogens with zero attached hydrogens (tertiary/aromatic N) is 1. The molecule has 0 radical (unpaired) electrons. The van der Waals surface area contributed by atoms with Gasteiger partial charge in [-0.15, -0.1) is 0 Å². The molecule has 5 heteroatoms. The molecule has 1 aromatic heterocycles. The normalized spacial score (nSPS) is 11.9. The number of hydrogen-bond acceptors (Lipinski definition) is 3. The summed E-state index contributed by atoms with van der Waals surface area (Å²) in [6.45, 7) is 3.94. The fourth-order valence-corrected chi connectivity index (χ4v) is 2.24. The van der Waals surface area contributed by atoms with Crippen LogP contribution in [0.1, 0.15) is 34.5 Å². The number of halogens is 1. The number of amides is 1. The molecule has 0 aliphatic rings. The van der Waals surface area contributed by atoms with E-state index in [1.165, 1.54) is 12.3 Å². The topological polar surface area (TPSA) is 68.0 Å². The number of nitrogens with two attached hydrogens (primary N) is 1. The lowest BCUT2D eigenvalue weighted by Gasteiger charge is -2.17. The number of hydrogen-bond donors (Lipinski definition) is 2. The van der Waals surface area contributed by atoms with Gasteiger partial charge in [0.2, 0.25) is 0 Å². The molecule has 0 fully saturated rings. The second-order valence-electron chi connectivity index (χ2n) is 4.64. The Balaban J connectivity index is 2.20. The number of nitrogen functional groups attached to an aromatic ring is 1. The van der Waals surface area contributed by atoms with Crippen molar-refractivity contribution in [1.82, 2.24) is 10.3 Å². The highest BCUT2D eigenvalue weighted by Gasteiger charge is 2.15. The zero-order chi connectivity index (χ0) is 14.7. The summed E-state index contributed by atoms with van der Waals surface area (Å²) >= 11 is 5.97. The quantitative estimate of drug-likeness (QED) is 0.912. The molecule has 1 aromatic carbocycles. The number of rotatable bonds is 3. The van der Waals surface area contributed by atoms with Crippen molar-refractivity contribution in [2.75, 3.05) is 5.73 Å². The van der Waals surface area contributed by atoms with E-state index in [0.29, 0.717) is 5.56 Å². The predicted octanol–water partition coefficient (Wildman–Crippen LogP) is 3.12. The van der Waals surface area contributed by atoms with Crippen LogP contribution < -0.4 is 11.1 Å². The maximum Gasteiger partial charge on any atom is 0.253 e. The first-order chi connectivity index (χ1) is 9.49. The lowest BCUT2D eigenvalue weighted by atomic mass is 10.0. The van der Waals surface area contributed by atoms with E-state index < -0.39 is 0 Å². The Kier molecular flexibility index (Phi) is 4.25. The Bertz CT molecular complexity index is 643. The van der Waals surface area contributed by atoms with Crippen LogP contribution in [-0.4, -0.2) is 10.9 Å². The first-order valence-electron chi connectivity index (χ1n) is 6.26. The van der Waals surface area contributed by atoms with Crippen molar-refractivity contribution >= 4 is 23.3 Å². The predicted molar refractivity (Wildman–Crippen MR) is 80.7 cm³/mol.